The van der Waals surface area contributed by atoms with E-state index in [9.17, 15) is 5.11 Å². The van der Waals surface area contributed by atoms with Crippen LogP contribution in [0.3, 0.4) is 0 Å². The third-order valence-corrected chi connectivity index (χ3v) is 5.24. The Hall–Kier alpha value is -0.510. The van der Waals surface area contributed by atoms with E-state index in [0.717, 1.165) is 31.6 Å². The molecule has 2 nitrogen and oxygen atoms in total. The Morgan fingerprint density at radius 3 is 2.33 bits per heavy atom. The van der Waals surface area contributed by atoms with Gasteiger partial charge in [-0.15, -0.1) is 11.8 Å². The summed E-state index contributed by atoms with van der Waals surface area (Å²) >= 11 is 1.91. The highest BCUT2D eigenvalue weighted by atomic mass is 32.2. The molecule has 0 bridgehead atoms. The second kappa shape index (κ2) is 9.50. The summed E-state index contributed by atoms with van der Waals surface area (Å²) < 4.78 is 0. The van der Waals surface area contributed by atoms with Gasteiger partial charge in [-0.3, -0.25) is 0 Å². The fourth-order valence-electron chi connectivity index (χ4n) is 2.56. The molecular weight excluding hydrogens is 278 g/mol. The van der Waals surface area contributed by atoms with Gasteiger partial charge in [0.25, 0.3) is 0 Å². The van der Waals surface area contributed by atoms with Gasteiger partial charge >= 0.3 is 0 Å². The largest absolute Gasteiger partial charge is 0.394 e. The highest BCUT2D eigenvalue weighted by Gasteiger charge is 2.25. The molecule has 21 heavy (non-hydrogen) atoms. The molecule has 0 spiro atoms. The van der Waals surface area contributed by atoms with Gasteiger partial charge in [0.15, 0.2) is 0 Å². The molecule has 3 heteroatoms. The van der Waals surface area contributed by atoms with Gasteiger partial charge in [0, 0.05) is 10.4 Å². The molecule has 0 aliphatic rings. The Kier molecular flexibility index (Phi) is 8.38. The lowest BCUT2D eigenvalue weighted by molar-refractivity contribution is 0.148. The van der Waals surface area contributed by atoms with Crippen LogP contribution < -0.4 is 5.32 Å². The minimum atomic E-state index is -0.0865. The Morgan fingerprint density at radius 1 is 1.19 bits per heavy atom. The van der Waals surface area contributed by atoms with Gasteiger partial charge < -0.3 is 10.4 Å². The smallest absolute Gasteiger partial charge is 0.0613 e. The molecule has 0 heterocycles. The topological polar surface area (TPSA) is 32.3 Å². The van der Waals surface area contributed by atoms with Gasteiger partial charge in [0.05, 0.1) is 6.61 Å². The first kappa shape index (κ1) is 18.5. The van der Waals surface area contributed by atoms with Crippen LogP contribution in [0.1, 0.15) is 58.4 Å². The van der Waals surface area contributed by atoms with Crippen molar-refractivity contribution in [1.82, 2.24) is 5.32 Å². The van der Waals surface area contributed by atoms with Crippen molar-refractivity contribution in [3.63, 3.8) is 0 Å². The van der Waals surface area contributed by atoms with E-state index in [-0.39, 0.29) is 12.1 Å². The Bertz CT molecular complexity index is 385. The predicted molar refractivity (Wildman–Crippen MR) is 94.3 cm³/mol. The molecule has 1 rings (SSSR count). The van der Waals surface area contributed by atoms with Gasteiger partial charge in [-0.05, 0) is 55.2 Å². The van der Waals surface area contributed by atoms with Crippen molar-refractivity contribution in [2.45, 2.75) is 63.3 Å². The number of likely N-dealkylation sites (N-methyl/N-ethyl adjacent to an activating group) is 1. The number of thioether (sulfide) groups is 1. The first-order valence-corrected chi connectivity index (χ1v) is 9.14. The number of hydrogen-bond acceptors (Lipinski definition) is 3. The number of hydrogen-bond donors (Lipinski definition) is 2. The number of benzene rings is 1. The summed E-state index contributed by atoms with van der Waals surface area (Å²) in [6, 6.07) is 8.91. The monoisotopic (exact) mass is 309 g/mol. The van der Waals surface area contributed by atoms with E-state index >= 15 is 0 Å². The van der Waals surface area contributed by atoms with Crippen LogP contribution >= 0.6 is 11.8 Å². The molecule has 0 aliphatic carbocycles. The highest BCUT2D eigenvalue weighted by molar-refractivity contribution is 7.99. The molecule has 0 aromatic heterocycles. The summed E-state index contributed by atoms with van der Waals surface area (Å²) in [4.78, 5) is 1.34. The lowest BCUT2D eigenvalue weighted by Gasteiger charge is -2.31. The standard InChI is InChI=1S/C18H31NOS/c1-5-18(14-20,19-6-2)12-7-13-21-17-10-8-16(9-11-17)15(3)4/h8-11,15,19-20H,5-7,12-14H2,1-4H3. The molecular formula is C18H31NOS. The third-order valence-electron chi connectivity index (χ3n) is 4.15. The van der Waals surface area contributed by atoms with E-state index in [1.54, 1.807) is 0 Å². The maximum Gasteiger partial charge on any atom is 0.0613 e. The summed E-state index contributed by atoms with van der Waals surface area (Å²) in [7, 11) is 0. The molecule has 0 fully saturated rings. The van der Waals surface area contributed by atoms with Crippen LogP contribution in [0.4, 0.5) is 0 Å². The number of rotatable bonds is 10. The Balaban J connectivity index is 2.39. The first-order chi connectivity index (χ1) is 10.1. The Labute approximate surface area is 134 Å². The second-order valence-corrected chi connectivity index (χ2v) is 7.17. The van der Waals surface area contributed by atoms with Crippen LogP contribution in [0.5, 0.6) is 0 Å². The number of aliphatic hydroxyl groups excluding tert-OH is 1. The maximum absolute atomic E-state index is 9.64. The maximum atomic E-state index is 9.64. The molecule has 1 unspecified atom stereocenters. The molecule has 1 atom stereocenters. The van der Waals surface area contributed by atoms with Crippen molar-refractivity contribution in [2.24, 2.45) is 0 Å². The van der Waals surface area contributed by atoms with E-state index in [1.165, 1.54) is 10.5 Å². The second-order valence-electron chi connectivity index (χ2n) is 6.00. The SMILES string of the molecule is CCNC(CC)(CO)CCCSc1ccc(C(C)C)cc1. The van der Waals surface area contributed by atoms with Gasteiger partial charge in [-0.2, -0.15) is 0 Å². The van der Waals surface area contributed by atoms with Crippen LogP contribution in [-0.4, -0.2) is 29.5 Å². The molecule has 0 amide bonds. The van der Waals surface area contributed by atoms with Crippen molar-refractivity contribution in [3.8, 4) is 0 Å². The summed E-state index contributed by atoms with van der Waals surface area (Å²) in [5.41, 5.74) is 1.31. The minimum Gasteiger partial charge on any atom is -0.394 e. The summed E-state index contributed by atoms with van der Waals surface area (Å²) in [6.07, 6.45) is 3.13. The minimum absolute atomic E-state index is 0.0865. The van der Waals surface area contributed by atoms with Crippen LogP contribution in [0.25, 0.3) is 0 Å². The van der Waals surface area contributed by atoms with Gasteiger partial charge in [0.2, 0.25) is 0 Å². The van der Waals surface area contributed by atoms with Crippen molar-refractivity contribution >= 4 is 11.8 Å². The highest BCUT2D eigenvalue weighted by Crippen LogP contribution is 2.24. The molecule has 1 aromatic rings. The van der Waals surface area contributed by atoms with E-state index in [2.05, 4.69) is 57.3 Å². The van der Waals surface area contributed by atoms with Gasteiger partial charge in [-0.1, -0.05) is 39.8 Å². The number of nitrogens with one attached hydrogen (secondary N) is 1. The van der Waals surface area contributed by atoms with E-state index in [0.29, 0.717) is 5.92 Å². The van der Waals surface area contributed by atoms with Crippen molar-refractivity contribution in [2.75, 3.05) is 18.9 Å². The number of aliphatic hydroxyl groups is 1. The zero-order chi connectivity index (χ0) is 15.7. The predicted octanol–water partition coefficient (Wildman–Crippen LogP) is 4.43. The lowest BCUT2D eigenvalue weighted by Crippen LogP contribution is -2.48. The van der Waals surface area contributed by atoms with E-state index in [4.69, 9.17) is 0 Å². The third kappa shape index (κ3) is 6.01. The zero-order valence-corrected chi connectivity index (χ0v) is 14.8. The average Bonchev–Trinajstić information content (AvgIpc) is 2.51. The summed E-state index contributed by atoms with van der Waals surface area (Å²) in [6.45, 7) is 9.84. The molecule has 0 saturated carbocycles. The van der Waals surface area contributed by atoms with Crippen LogP contribution in [0.2, 0.25) is 0 Å². The van der Waals surface area contributed by atoms with Crippen molar-refractivity contribution in [1.29, 1.82) is 0 Å². The molecule has 0 saturated heterocycles. The zero-order valence-electron chi connectivity index (χ0n) is 14.0. The fourth-order valence-corrected chi connectivity index (χ4v) is 3.41. The normalized spacial score (nSPS) is 14.4. The molecule has 1 aromatic carbocycles. The van der Waals surface area contributed by atoms with E-state index in [1.807, 2.05) is 11.8 Å². The quantitative estimate of drug-likeness (QED) is 0.495. The molecule has 120 valence electrons. The van der Waals surface area contributed by atoms with Crippen LogP contribution in [0.15, 0.2) is 29.2 Å². The summed E-state index contributed by atoms with van der Waals surface area (Å²) in [5.74, 6) is 1.70. The lowest BCUT2D eigenvalue weighted by atomic mass is 9.91. The molecule has 2 N–H and O–H groups in total. The first-order valence-electron chi connectivity index (χ1n) is 8.15. The average molecular weight is 310 g/mol. The van der Waals surface area contributed by atoms with Crippen LogP contribution in [0, 0.1) is 0 Å². The van der Waals surface area contributed by atoms with Gasteiger partial charge in [-0.25, -0.2) is 0 Å². The summed E-state index contributed by atoms with van der Waals surface area (Å²) in [5, 5.41) is 13.1. The molecule has 0 aliphatic heterocycles. The molecule has 0 radical (unpaired) electrons. The van der Waals surface area contributed by atoms with Crippen molar-refractivity contribution in [3.05, 3.63) is 29.8 Å². The van der Waals surface area contributed by atoms with E-state index < -0.39 is 0 Å². The van der Waals surface area contributed by atoms with Crippen molar-refractivity contribution < 1.29 is 5.11 Å². The fraction of sp³-hybridized carbons (Fsp3) is 0.667. The van der Waals surface area contributed by atoms with Crippen LogP contribution in [-0.2, 0) is 0 Å². The Morgan fingerprint density at radius 2 is 1.86 bits per heavy atom. The van der Waals surface area contributed by atoms with Gasteiger partial charge in [0.1, 0.15) is 0 Å².